The van der Waals surface area contributed by atoms with Crippen LogP contribution in [0.3, 0.4) is 0 Å². The van der Waals surface area contributed by atoms with Gasteiger partial charge in [0, 0.05) is 21.6 Å². The minimum Gasteiger partial charge on any atom is -0.307 e. The highest BCUT2D eigenvalue weighted by molar-refractivity contribution is 9.10. The van der Waals surface area contributed by atoms with E-state index in [1.165, 1.54) is 5.56 Å². The standard InChI is InChI=1S/C14H21BrClN/c1-4-14(5-2,6-3)17-10-11-9-12(16)7-8-13(11)15/h7-9,17H,4-6,10H2,1-3H3. The van der Waals surface area contributed by atoms with Crippen LogP contribution in [-0.4, -0.2) is 5.54 Å². The topological polar surface area (TPSA) is 12.0 Å². The van der Waals surface area contributed by atoms with Gasteiger partial charge in [0.05, 0.1) is 0 Å². The Kier molecular flexibility index (Phi) is 5.98. The summed E-state index contributed by atoms with van der Waals surface area (Å²) in [5.74, 6) is 0. The summed E-state index contributed by atoms with van der Waals surface area (Å²) in [6, 6.07) is 5.93. The smallest absolute Gasteiger partial charge is 0.0410 e. The number of halogens is 2. The van der Waals surface area contributed by atoms with Crippen LogP contribution in [0, 0.1) is 0 Å². The Labute approximate surface area is 118 Å². The van der Waals surface area contributed by atoms with E-state index in [2.05, 4.69) is 42.0 Å². The van der Waals surface area contributed by atoms with Gasteiger partial charge in [0.25, 0.3) is 0 Å². The quantitative estimate of drug-likeness (QED) is 0.764. The zero-order chi connectivity index (χ0) is 12.9. The Morgan fingerprint density at radius 3 is 2.29 bits per heavy atom. The van der Waals surface area contributed by atoms with Crippen molar-refractivity contribution in [2.24, 2.45) is 0 Å². The molecule has 1 N–H and O–H groups in total. The lowest BCUT2D eigenvalue weighted by molar-refractivity contribution is 0.288. The van der Waals surface area contributed by atoms with E-state index in [1.54, 1.807) is 0 Å². The van der Waals surface area contributed by atoms with Crippen molar-refractivity contribution >= 4 is 27.5 Å². The predicted molar refractivity (Wildman–Crippen MR) is 79.6 cm³/mol. The molecule has 17 heavy (non-hydrogen) atoms. The van der Waals surface area contributed by atoms with Gasteiger partial charge in [-0.05, 0) is 43.0 Å². The Balaban J connectivity index is 2.75. The second-order valence-electron chi connectivity index (χ2n) is 4.43. The van der Waals surface area contributed by atoms with Crippen molar-refractivity contribution in [2.45, 2.75) is 52.1 Å². The molecule has 1 rings (SSSR count). The van der Waals surface area contributed by atoms with Crippen molar-refractivity contribution in [3.05, 3.63) is 33.3 Å². The SMILES string of the molecule is CCC(CC)(CC)NCc1cc(Cl)ccc1Br. The summed E-state index contributed by atoms with van der Waals surface area (Å²) in [7, 11) is 0. The van der Waals surface area contributed by atoms with Crippen molar-refractivity contribution in [2.75, 3.05) is 0 Å². The summed E-state index contributed by atoms with van der Waals surface area (Å²) in [5, 5.41) is 4.47. The molecule has 96 valence electrons. The molecule has 1 aromatic rings. The van der Waals surface area contributed by atoms with Crippen molar-refractivity contribution < 1.29 is 0 Å². The molecule has 1 nitrogen and oxygen atoms in total. The second kappa shape index (κ2) is 6.77. The van der Waals surface area contributed by atoms with Gasteiger partial charge in [0.2, 0.25) is 0 Å². The molecule has 3 heteroatoms. The fourth-order valence-corrected chi connectivity index (χ4v) is 2.67. The molecule has 0 aliphatic rings. The Bertz CT molecular complexity index is 353. The van der Waals surface area contributed by atoms with E-state index in [1.807, 2.05) is 18.2 Å². The number of benzene rings is 1. The summed E-state index contributed by atoms with van der Waals surface area (Å²) in [6.45, 7) is 7.59. The van der Waals surface area contributed by atoms with Gasteiger partial charge >= 0.3 is 0 Å². The molecular weight excluding hydrogens is 298 g/mol. The molecule has 0 atom stereocenters. The van der Waals surface area contributed by atoms with E-state index in [4.69, 9.17) is 11.6 Å². The van der Waals surface area contributed by atoms with Crippen LogP contribution in [0.25, 0.3) is 0 Å². The van der Waals surface area contributed by atoms with Crippen LogP contribution in [0.5, 0.6) is 0 Å². The molecule has 0 aromatic heterocycles. The molecule has 0 heterocycles. The summed E-state index contributed by atoms with van der Waals surface area (Å²) in [4.78, 5) is 0. The highest BCUT2D eigenvalue weighted by Gasteiger charge is 2.22. The Morgan fingerprint density at radius 1 is 1.18 bits per heavy atom. The molecular formula is C14H21BrClN. The zero-order valence-electron chi connectivity index (χ0n) is 10.8. The van der Waals surface area contributed by atoms with Crippen LogP contribution in [0.2, 0.25) is 5.02 Å². The lowest BCUT2D eigenvalue weighted by Gasteiger charge is -2.32. The fraction of sp³-hybridized carbons (Fsp3) is 0.571. The summed E-state index contributed by atoms with van der Waals surface area (Å²) in [5.41, 5.74) is 1.47. The van der Waals surface area contributed by atoms with Crippen LogP contribution in [-0.2, 0) is 6.54 Å². The maximum absolute atomic E-state index is 6.02. The fourth-order valence-electron chi connectivity index (χ4n) is 2.09. The summed E-state index contributed by atoms with van der Waals surface area (Å²) < 4.78 is 1.12. The highest BCUT2D eigenvalue weighted by Crippen LogP contribution is 2.24. The number of hydrogen-bond donors (Lipinski definition) is 1. The second-order valence-corrected chi connectivity index (χ2v) is 5.72. The molecule has 0 saturated carbocycles. The monoisotopic (exact) mass is 317 g/mol. The number of nitrogens with one attached hydrogen (secondary N) is 1. The van der Waals surface area contributed by atoms with E-state index in [-0.39, 0.29) is 5.54 Å². The molecule has 0 aliphatic carbocycles. The third kappa shape index (κ3) is 3.97. The maximum Gasteiger partial charge on any atom is 0.0410 e. The number of hydrogen-bond acceptors (Lipinski definition) is 1. The van der Waals surface area contributed by atoms with E-state index < -0.39 is 0 Å². The van der Waals surface area contributed by atoms with Crippen LogP contribution in [0.4, 0.5) is 0 Å². The van der Waals surface area contributed by atoms with Gasteiger partial charge < -0.3 is 5.32 Å². The molecule has 0 bridgehead atoms. The third-order valence-electron chi connectivity index (χ3n) is 3.69. The van der Waals surface area contributed by atoms with Crippen LogP contribution >= 0.6 is 27.5 Å². The van der Waals surface area contributed by atoms with Gasteiger partial charge in [-0.2, -0.15) is 0 Å². The van der Waals surface area contributed by atoms with Crippen molar-refractivity contribution in [3.63, 3.8) is 0 Å². The van der Waals surface area contributed by atoms with Crippen LogP contribution in [0.1, 0.15) is 45.6 Å². The first-order chi connectivity index (χ1) is 8.06. The van der Waals surface area contributed by atoms with E-state index in [0.717, 1.165) is 35.3 Å². The van der Waals surface area contributed by atoms with Crippen molar-refractivity contribution in [1.29, 1.82) is 0 Å². The van der Waals surface area contributed by atoms with Gasteiger partial charge in [-0.25, -0.2) is 0 Å². The average molecular weight is 319 g/mol. The van der Waals surface area contributed by atoms with Gasteiger partial charge in [-0.15, -0.1) is 0 Å². The van der Waals surface area contributed by atoms with Crippen LogP contribution < -0.4 is 5.32 Å². The van der Waals surface area contributed by atoms with Gasteiger partial charge in [-0.1, -0.05) is 48.3 Å². The molecule has 0 fully saturated rings. The van der Waals surface area contributed by atoms with Crippen molar-refractivity contribution in [3.8, 4) is 0 Å². The average Bonchev–Trinajstić information content (AvgIpc) is 2.35. The van der Waals surface area contributed by atoms with E-state index >= 15 is 0 Å². The molecule has 0 amide bonds. The highest BCUT2D eigenvalue weighted by atomic mass is 79.9. The van der Waals surface area contributed by atoms with Gasteiger partial charge in [-0.3, -0.25) is 0 Å². The normalized spacial score (nSPS) is 11.8. The van der Waals surface area contributed by atoms with E-state index in [0.29, 0.717) is 0 Å². The Morgan fingerprint density at radius 2 is 1.76 bits per heavy atom. The molecule has 0 saturated heterocycles. The zero-order valence-corrected chi connectivity index (χ0v) is 13.2. The van der Waals surface area contributed by atoms with Crippen molar-refractivity contribution in [1.82, 2.24) is 5.32 Å². The molecule has 1 aromatic carbocycles. The molecule has 0 radical (unpaired) electrons. The predicted octanol–water partition coefficient (Wildman–Crippen LogP) is 5.16. The first-order valence-corrected chi connectivity index (χ1v) is 7.43. The molecule has 0 spiro atoms. The summed E-state index contributed by atoms with van der Waals surface area (Å²) in [6.07, 6.45) is 3.45. The molecule has 0 aliphatic heterocycles. The lowest BCUT2D eigenvalue weighted by atomic mass is 9.89. The molecule has 0 unspecified atom stereocenters. The maximum atomic E-state index is 6.02. The third-order valence-corrected chi connectivity index (χ3v) is 4.70. The first kappa shape index (κ1) is 15.0. The van der Waals surface area contributed by atoms with Gasteiger partial charge in [0.1, 0.15) is 0 Å². The summed E-state index contributed by atoms with van der Waals surface area (Å²) >= 11 is 9.59. The minimum atomic E-state index is 0.252. The first-order valence-electron chi connectivity index (χ1n) is 6.26. The van der Waals surface area contributed by atoms with E-state index in [9.17, 15) is 0 Å². The minimum absolute atomic E-state index is 0.252. The van der Waals surface area contributed by atoms with Gasteiger partial charge in [0.15, 0.2) is 0 Å². The van der Waals surface area contributed by atoms with Crippen LogP contribution in [0.15, 0.2) is 22.7 Å². The Hall–Kier alpha value is -0.0500. The largest absolute Gasteiger partial charge is 0.307 e. The number of rotatable bonds is 6. The lowest BCUT2D eigenvalue weighted by Crippen LogP contribution is -2.43.